The molecule has 0 spiro atoms. The molecule has 0 bridgehead atoms. The number of Topliss-reactive ketones (excluding diaryl/α,β-unsaturated/α-hetero) is 1. The standard InChI is InChI=1S/C54H63NO18/c1-9-39(60)44(69-32(5)57)42-29(2)40(27-54(66,52(42,7)8)46(72-50(64)36-23-17-12-18-24-36)38-25-37(59)26-41-53(38,28-67-41)73-33(6)58)70-51(65)45(71-49(63)31(4)68-48(62)30(3)56)43(34-19-13-10-14-20-34)55-47(61)35-21-15-11-16-22-35/h10-24,30-31,37-38,40-41,43-46,56,59,66H,9,25-28H2,1-8H3,(H,55,61)/t30?,31?,37-,38?,40+,41-,43?,44+,45-,46+,53-,54-/m1/s1. The van der Waals surface area contributed by atoms with Crippen molar-refractivity contribution in [2.45, 2.75) is 147 Å². The van der Waals surface area contributed by atoms with Gasteiger partial charge >= 0.3 is 35.8 Å². The van der Waals surface area contributed by atoms with E-state index in [1.165, 1.54) is 71.0 Å². The number of esters is 6. The molecular formula is C54H63NO18. The fourth-order valence-electron chi connectivity index (χ4n) is 10.1. The van der Waals surface area contributed by atoms with Crippen LogP contribution in [0.5, 0.6) is 0 Å². The van der Waals surface area contributed by atoms with Crippen LogP contribution in [0.4, 0.5) is 0 Å². The molecule has 6 rings (SSSR count). The third kappa shape index (κ3) is 11.9. The maximum absolute atomic E-state index is 15.3. The molecule has 0 aromatic heterocycles. The Morgan fingerprint density at radius 2 is 1.36 bits per heavy atom. The number of carbonyl (C=O) groups is 8. The van der Waals surface area contributed by atoms with Crippen LogP contribution in [-0.2, 0) is 61.9 Å². The van der Waals surface area contributed by atoms with Crippen molar-refractivity contribution in [2.75, 3.05) is 6.61 Å². The number of carbonyl (C=O) groups excluding carboxylic acids is 8. The third-order valence-corrected chi connectivity index (χ3v) is 13.9. The van der Waals surface area contributed by atoms with Crippen molar-refractivity contribution in [3.63, 3.8) is 0 Å². The van der Waals surface area contributed by atoms with Gasteiger partial charge in [-0.2, -0.15) is 0 Å². The lowest BCUT2D eigenvalue weighted by atomic mass is 9.53. The largest absolute Gasteiger partial charge is 0.455 e. The lowest BCUT2D eigenvalue weighted by Crippen LogP contribution is -2.75. The van der Waals surface area contributed by atoms with Crippen molar-refractivity contribution in [3.8, 4) is 0 Å². The molecule has 2 aliphatic carbocycles. The molecule has 73 heavy (non-hydrogen) atoms. The summed E-state index contributed by atoms with van der Waals surface area (Å²) in [5.41, 5.74) is -5.50. The Balaban J connectivity index is 1.56. The van der Waals surface area contributed by atoms with Gasteiger partial charge in [0.2, 0.25) is 6.10 Å². The van der Waals surface area contributed by atoms with E-state index in [9.17, 15) is 48.9 Å². The van der Waals surface area contributed by atoms with Crippen molar-refractivity contribution in [1.82, 2.24) is 5.32 Å². The number of aliphatic hydroxyl groups excluding tert-OH is 2. The monoisotopic (exact) mass is 1010 g/mol. The van der Waals surface area contributed by atoms with Crippen molar-refractivity contribution < 1.29 is 86.8 Å². The van der Waals surface area contributed by atoms with Gasteiger partial charge in [-0.15, -0.1) is 0 Å². The van der Waals surface area contributed by atoms with E-state index in [-0.39, 0.29) is 53.7 Å². The lowest BCUT2D eigenvalue weighted by Gasteiger charge is -2.61. The number of ether oxygens (including phenoxy) is 7. The Bertz CT molecular complexity index is 2560. The molecule has 12 atom stereocenters. The van der Waals surface area contributed by atoms with Crippen molar-refractivity contribution in [3.05, 3.63) is 119 Å². The number of nitrogens with one attached hydrogen (secondary N) is 1. The van der Waals surface area contributed by atoms with Gasteiger partial charge in [0.25, 0.3) is 5.91 Å². The molecule has 3 aromatic carbocycles. The summed E-state index contributed by atoms with van der Waals surface area (Å²) in [6.07, 6.45) is -13.9. The van der Waals surface area contributed by atoms with Gasteiger partial charge in [0.05, 0.1) is 18.3 Å². The summed E-state index contributed by atoms with van der Waals surface area (Å²) in [6, 6.07) is 22.0. The van der Waals surface area contributed by atoms with Crippen LogP contribution in [0.2, 0.25) is 0 Å². The van der Waals surface area contributed by atoms with E-state index >= 15 is 4.79 Å². The Labute approximate surface area is 422 Å². The molecule has 1 saturated carbocycles. The van der Waals surface area contributed by atoms with Crippen LogP contribution in [0.15, 0.2) is 102 Å². The first-order valence-corrected chi connectivity index (χ1v) is 24.0. The minimum atomic E-state index is -2.53. The van der Waals surface area contributed by atoms with Gasteiger partial charge < -0.3 is 53.8 Å². The maximum atomic E-state index is 15.3. The smallest absolute Gasteiger partial charge is 0.350 e. The highest BCUT2D eigenvalue weighted by molar-refractivity contribution is 5.95. The van der Waals surface area contributed by atoms with E-state index in [0.29, 0.717) is 0 Å². The second-order valence-corrected chi connectivity index (χ2v) is 19.2. The zero-order chi connectivity index (χ0) is 53.6. The summed E-state index contributed by atoms with van der Waals surface area (Å²) < 4.78 is 41.4. The topological polar surface area (TPSA) is 274 Å². The second kappa shape index (κ2) is 23.0. The molecule has 4 N–H and O–H groups in total. The lowest BCUT2D eigenvalue weighted by molar-refractivity contribution is -0.320. The highest BCUT2D eigenvalue weighted by atomic mass is 16.6. The summed E-state index contributed by atoms with van der Waals surface area (Å²) >= 11 is 0. The van der Waals surface area contributed by atoms with Gasteiger partial charge in [0, 0.05) is 50.0 Å². The van der Waals surface area contributed by atoms with Crippen LogP contribution in [0.3, 0.4) is 0 Å². The van der Waals surface area contributed by atoms with Gasteiger partial charge in [-0.05, 0) is 68.2 Å². The fraction of sp³-hybridized carbons (Fsp3) is 0.481. The molecule has 2 fully saturated rings. The molecule has 1 amide bonds. The molecule has 19 heteroatoms. The molecule has 1 heterocycles. The van der Waals surface area contributed by atoms with Crippen LogP contribution >= 0.6 is 0 Å². The molecule has 0 radical (unpaired) electrons. The summed E-state index contributed by atoms with van der Waals surface area (Å²) in [4.78, 5) is 110. The first-order valence-electron chi connectivity index (χ1n) is 24.0. The Morgan fingerprint density at radius 1 is 0.767 bits per heavy atom. The van der Waals surface area contributed by atoms with Gasteiger partial charge in [0.1, 0.15) is 36.1 Å². The molecule has 19 nitrogen and oxygen atoms in total. The third-order valence-electron chi connectivity index (χ3n) is 13.9. The highest BCUT2D eigenvalue weighted by Gasteiger charge is 2.70. The Kier molecular flexibility index (Phi) is 17.5. The predicted octanol–water partition coefficient (Wildman–Crippen LogP) is 4.38. The number of ketones is 1. The van der Waals surface area contributed by atoms with E-state index in [2.05, 4.69) is 5.32 Å². The number of hydrogen-bond donors (Lipinski definition) is 4. The second-order valence-electron chi connectivity index (χ2n) is 19.2. The predicted molar refractivity (Wildman–Crippen MR) is 256 cm³/mol. The van der Waals surface area contributed by atoms with Crippen LogP contribution in [0.1, 0.15) is 113 Å². The van der Waals surface area contributed by atoms with E-state index < -0.39 is 131 Å². The van der Waals surface area contributed by atoms with E-state index in [0.717, 1.165) is 20.8 Å². The zero-order valence-electron chi connectivity index (χ0n) is 41.9. The van der Waals surface area contributed by atoms with Crippen LogP contribution in [-0.4, -0.2) is 129 Å². The number of hydrogen-bond acceptors (Lipinski definition) is 18. The number of rotatable bonds is 19. The van der Waals surface area contributed by atoms with Crippen LogP contribution in [0, 0.1) is 11.3 Å². The summed E-state index contributed by atoms with van der Waals surface area (Å²) in [5.74, 6) is -9.05. The number of benzene rings is 3. The fourth-order valence-corrected chi connectivity index (χ4v) is 10.1. The van der Waals surface area contributed by atoms with Crippen molar-refractivity contribution in [1.29, 1.82) is 0 Å². The SMILES string of the molecule is CCC(=O)[C@H](OC(C)=O)C1=C(C)[C@@H](OC(=O)[C@H](OC(=O)C(C)OC(=O)C(C)O)C(NC(=O)c2ccccc2)c2ccccc2)C[C@@](O)([C@@H](OC(=O)c2ccccc2)C2C[C@@H](O)C[C@H]3OC[C@@]23OC(C)=O)C1(C)C. The van der Waals surface area contributed by atoms with E-state index in [1.807, 2.05) is 0 Å². The van der Waals surface area contributed by atoms with Gasteiger partial charge in [-0.25, -0.2) is 19.2 Å². The first kappa shape index (κ1) is 55.5. The van der Waals surface area contributed by atoms with E-state index in [4.69, 9.17) is 33.2 Å². The highest BCUT2D eigenvalue weighted by Crippen LogP contribution is 2.58. The number of aliphatic hydroxyl groups is 3. The maximum Gasteiger partial charge on any atom is 0.350 e. The molecule has 4 unspecified atom stereocenters. The summed E-state index contributed by atoms with van der Waals surface area (Å²) in [5, 5.41) is 38.0. The zero-order valence-corrected chi connectivity index (χ0v) is 41.9. The average Bonchev–Trinajstić information content (AvgIpc) is 3.35. The van der Waals surface area contributed by atoms with Crippen molar-refractivity contribution >= 4 is 47.5 Å². The van der Waals surface area contributed by atoms with Gasteiger partial charge in [-0.3, -0.25) is 19.2 Å². The van der Waals surface area contributed by atoms with Gasteiger partial charge in [-0.1, -0.05) is 87.5 Å². The Hall–Kier alpha value is -6.80. The minimum Gasteiger partial charge on any atom is -0.455 e. The quantitative estimate of drug-likeness (QED) is 0.0737. The first-order chi connectivity index (χ1) is 34.4. The molecular weight excluding hydrogens is 951 g/mol. The average molecular weight is 1010 g/mol. The molecule has 392 valence electrons. The summed E-state index contributed by atoms with van der Waals surface area (Å²) in [7, 11) is 0. The van der Waals surface area contributed by atoms with Crippen LogP contribution in [0.25, 0.3) is 0 Å². The molecule has 3 aromatic rings. The minimum absolute atomic E-state index is 0.00925. The molecule has 1 saturated heterocycles. The number of fused-ring (bicyclic) bond motifs is 1. The summed E-state index contributed by atoms with van der Waals surface area (Å²) in [6.45, 7) is 10.3. The van der Waals surface area contributed by atoms with E-state index in [1.54, 1.807) is 54.6 Å². The molecule has 1 aliphatic heterocycles. The number of amides is 1. The molecule has 3 aliphatic rings. The normalized spacial score (nSPS) is 25.5. The van der Waals surface area contributed by atoms with Crippen molar-refractivity contribution in [2.24, 2.45) is 11.3 Å². The van der Waals surface area contributed by atoms with Gasteiger partial charge in [0.15, 0.2) is 23.6 Å². The Morgan fingerprint density at radius 3 is 1.89 bits per heavy atom. The van der Waals surface area contributed by atoms with Crippen LogP contribution < -0.4 is 5.32 Å².